The van der Waals surface area contributed by atoms with E-state index >= 15 is 0 Å². The Bertz CT molecular complexity index is 312. The van der Waals surface area contributed by atoms with Crippen molar-refractivity contribution in [2.24, 2.45) is 0 Å². The molecule has 0 aliphatic carbocycles. The number of aliphatic hydroxyl groups excluding tert-OH is 1. The summed E-state index contributed by atoms with van der Waals surface area (Å²) in [6.07, 6.45) is 1.20. The zero-order valence-electron chi connectivity index (χ0n) is 9.37. The van der Waals surface area contributed by atoms with Crippen LogP contribution in [0.2, 0.25) is 0 Å². The van der Waals surface area contributed by atoms with E-state index in [0.717, 1.165) is 16.7 Å². The van der Waals surface area contributed by atoms with E-state index < -0.39 is 6.10 Å². The van der Waals surface area contributed by atoms with Crippen LogP contribution in [0.3, 0.4) is 0 Å². The second kappa shape index (κ2) is 5.63. The van der Waals surface area contributed by atoms with E-state index in [1.54, 1.807) is 6.20 Å². The Morgan fingerprint density at radius 2 is 2.27 bits per heavy atom. The first-order valence-corrected chi connectivity index (χ1v) is 5.98. The molecule has 0 fully saturated rings. The van der Waals surface area contributed by atoms with Gasteiger partial charge in [0.25, 0.3) is 0 Å². The second-order valence-electron chi connectivity index (χ2n) is 3.74. The number of aromatic nitrogens is 2. The van der Waals surface area contributed by atoms with Gasteiger partial charge < -0.3 is 10.4 Å². The first-order chi connectivity index (χ1) is 7.07. The fourth-order valence-corrected chi connectivity index (χ4v) is 1.99. The third kappa shape index (κ3) is 3.03. The van der Waals surface area contributed by atoms with E-state index in [0.29, 0.717) is 6.54 Å². The van der Waals surface area contributed by atoms with Gasteiger partial charge in [0.05, 0.1) is 16.4 Å². The van der Waals surface area contributed by atoms with Crippen LogP contribution in [0, 0.1) is 0 Å². The predicted octanol–water partition coefficient (Wildman–Crippen LogP) is 1.87. The zero-order valence-corrected chi connectivity index (χ0v) is 11.0. The SMILES string of the molecule is CCNCC(O)c1c(Br)cnn1C(C)C. The Morgan fingerprint density at radius 1 is 1.60 bits per heavy atom. The van der Waals surface area contributed by atoms with Crippen LogP contribution in [0.15, 0.2) is 10.7 Å². The maximum absolute atomic E-state index is 10.00. The topological polar surface area (TPSA) is 50.1 Å². The molecule has 5 heteroatoms. The highest BCUT2D eigenvalue weighted by Crippen LogP contribution is 2.25. The molecule has 0 bridgehead atoms. The van der Waals surface area contributed by atoms with Crippen molar-refractivity contribution in [2.75, 3.05) is 13.1 Å². The Hall–Kier alpha value is -0.390. The third-order valence-corrected chi connectivity index (χ3v) is 2.79. The largest absolute Gasteiger partial charge is 0.385 e. The van der Waals surface area contributed by atoms with Crippen LogP contribution < -0.4 is 5.32 Å². The summed E-state index contributed by atoms with van der Waals surface area (Å²) in [4.78, 5) is 0. The number of nitrogens with one attached hydrogen (secondary N) is 1. The van der Waals surface area contributed by atoms with Crippen molar-refractivity contribution in [1.29, 1.82) is 0 Å². The van der Waals surface area contributed by atoms with E-state index in [-0.39, 0.29) is 6.04 Å². The maximum atomic E-state index is 10.00. The van der Waals surface area contributed by atoms with Gasteiger partial charge in [0.2, 0.25) is 0 Å². The lowest BCUT2D eigenvalue weighted by atomic mass is 10.2. The zero-order chi connectivity index (χ0) is 11.4. The number of halogens is 1. The molecular weight excluding hydrogens is 258 g/mol. The summed E-state index contributed by atoms with van der Waals surface area (Å²) in [5.74, 6) is 0. The van der Waals surface area contributed by atoms with Crippen LogP contribution >= 0.6 is 15.9 Å². The highest BCUT2D eigenvalue weighted by molar-refractivity contribution is 9.10. The van der Waals surface area contributed by atoms with Gasteiger partial charge >= 0.3 is 0 Å². The van der Waals surface area contributed by atoms with Crippen LogP contribution in [0.4, 0.5) is 0 Å². The summed E-state index contributed by atoms with van der Waals surface area (Å²) in [7, 11) is 0. The number of rotatable bonds is 5. The summed E-state index contributed by atoms with van der Waals surface area (Å²) < 4.78 is 2.70. The monoisotopic (exact) mass is 275 g/mol. The molecular formula is C10H18BrN3O. The Labute approximate surface area is 98.8 Å². The van der Waals surface area contributed by atoms with Gasteiger partial charge in [-0.25, -0.2) is 0 Å². The number of likely N-dealkylation sites (N-methyl/N-ethyl adjacent to an activating group) is 1. The molecule has 1 aromatic heterocycles. The highest BCUT2D eigenvalue weighted by atomic mass is 79.9. The Balaban J connectivity index is 2.85. The molecule has 1 aromatic rings. The molecule has 1 atom stereocenters. The number of hydrogen-bond acceptors (Lipinski definition) is 3. The van der Waals surface area contributed by atoms with Crippen molar-refractivity contribution in [3.63, 3.8) is 0 Å². The molecule has 0 aliphatic rings. The van der Waals surface area contributed by atoms with Crippen molar-refractivity contribution >= 4 is 15.9 Å². The van der Waals surface area contributed by atoms with Crippen LogP contribution in [0.1, 0.15) is 38.6 Å². The molecule has 0 saturated carbocycles. The van der Waals surface area contributed by atoms with Gasteiger partial charge in [0.15, 0.2) is 0 Å². The Morgan fingerprint density at radius 3 is 2.80 bits per heavy atom. The molecule has 0 aromatic carbocycles. The molecule has 0 aliphatic heterocycles. The van der Waals surface area contributed by atoms with Crippen LogP contribution in [-0.4, -0.2) is 28.0 Å². The molecule has 2 N–H and O–H groups in total. The smallest absolute Gasteiger partial charge is 0.109 e. The van der Waals surface area contributed by atoms with E-state index in [1.165, 1.54) is 0 Å². The maximum Gasteiger partial charge on any atom is 0.109 e. The van der Waals surface area contributed by atoms with E-state index in [4.69, 9.17) is 0 Å². The lowest BCUT2D eigenvalue weighted by Gasteiger charge is -2.16. The van der Waals surface area contributed by atoms with Gasteiger partial charge in [0, 0.05) is 12.6 Å². The molecule has 1 rings (SSSR count). The summed E-state index contributed by atoms with van der Waals surface area (Å²) in [6, 6.07) is 0.252. The van der Waals surface area contributed by atoms with Crippen molar-refractivity contribution < 1.29 is 5.11 Å². The van der Waals surface area contributed by atoms with Crippen molar-refractivity contribution in [2.45, 2.75) is 32.9 Å². The average molecular weight is 276 g/mol. The quantitative estimate of drug-likeness (QED) is 0.863. The van der Waals surface area contributed by atoms with E-state index in [1.807, 2.05) is 25.5 Å². The normalized spacial score (nSPS) is 13.5. The summed E-state index contributed by atoms with van der Waals surface area (Å²) >= 11 is 3.41. The van der Waals surface area contributed by atoms with Crippen LogP contribution in [0.5, 0.6) is 0 Å². The number of nitrogens with zero attached hydrogens (tertiary/aromatic N) is 2. The van der Waals surface area contributed by atoms with Crippen LogP contribution in [0.25, 0.3) is 0 Å². The van der Waals surface area contributed by atoms with Gasteiger partial charge in [-0.3, -0.25) is 4.68 Å². The van der Waals surface area contributed by atoms with Crippen molar-refractivity contribution in [1.82, 2.24) is 15.1 Å². The van der Waals surface area contributed by atoms with E-state index in [2.05, 4.69) is 26.3 Å². The summed E-state index contributed by atoms with van der Waals surface area (Å²) in [5, 5.41) is 17.3. The Kier molecular flexibility index (Phi) is 4.76. The van der Waals surface area contributed by atoms with Gasteiger partial charge in [-0.05, 0) is 36.3 Å². The average Bonchev–Trinajstić information content (AvgIpc) is 2.56. The fourth-order valence-electron chi connectivity index (χ4n) is 1.45. The minimum Gasteiger partial charge on any atom is -0.385 e. The lowest BCUT2D eigenvalue weighted by molar-refractivity contribution is 0.161. The molecule has 1 unspecified atom stereocenters. The molecule has 0 spiro atoms. The first-order valence-electron chi connectivity index (χ1n) is 5.19. The standard InChI is InChI=1S/C10H18BrN3O/c1-4-12-6-9(15)10-8(11)5-13-14(10)7(2)3/h5,7,9,12,15H,4,6H2,1-3H3. The minimum atomic E-state index is -0.524. The van der Waals surface area contributed by atoms with Crippen molar-refractivity contribution in [3.05, 3.63) is 16.4 Å². The number of aliphatic hydroxyl groups is 1. The van der Waals surface area contributed by atoms with Gasteiger partial charge in [0.1, 0.15) is 6.10 Å². The molecule has 0 radical (unpaired) electrons. The molecule has 0 saturated heterocycles. The second-order valence-corrected chi connectivity index (χ2v) is 4.59. The van der Waals surface area contributed by atoms with Gasteiger partial charge in [-0.1, -0.05) is 6.92 Å². The first kappa shape index (κ1) is 12.7. The molecule has 86 valence electrons. The molecule has 4 nitrogen and oxygen atoms in total. The van der Waals surface area contributed by atoms with Crippen LogP contribution in [-0.2, 0) is 0 Å². The lowest BCUT2D eigenvalue weighted by Crippen LogP contribution is -2.23. The highest BCUT2D eigenvalue weighted by Gasteiger charge is 2.18. The van der Waals surface area contributed by atoms with E-state index in [9.17, 15) is 5.11 Å². The third-order valence-electron chi connectivity index (χ3n) is 2.18. The molecule has 15 heavy (non-hydrogen) atoms. The van der Waals surface area contributed by atoms with Crippen molar-refractivity contribution in [3.8, 4) is 0 Å². The van der Waals surface area contributed by atoms with Gasteiger partial charge in [-0.15, -0.1) is 0 Å². The van der Waals surface area contributed by atoms with Gasteiger partial charge in [-0.2, -0.15) is 5.10 Å². The summed E-state index contributed by atoms with van der Waals surface area (Å²) in [6.45, 7) is 7.51. The fraction of sp³-hybridized carbons (Fsp3) is 0.700. The predicted molar refractivity (Wildman–Crippen MR) is 63.8 cm³/mol. The minimum absolute atomic E-state index is 0.252. The summed E-state index contributed by atoms with van der Waals surface area (Å²) in [5.41, 5.74) is 0.839. The molecule has 0 amide bonds. The molecule has 1 heterocycles. The number of hydrogen-bond donors (Lipinski definition) is 2.